The molecule has 2 fully saturated rings. The Bertz CT molecular complexity index is 1490. The van der Waals surface area contributed by atoms with Crippen molar-refractivity contribution in [3.8, 4) is 28.3 Å². The van der Waals surface area contributed by atoms with E-state index in [4.69, 9.17) is 9.72 Å². The first-order valence-electron chi connectivity index (χ1n) is 12.0. The number of hydrogen-bond acceptors (Lipinski definition) is 7. The molecule has 1 N–H and O–H groups in total. The molecule has 6 rings (SSSR count). The summed E-state index contributed by atoms with van der Waals surface area (Å²) in [5.74, 6) is 0.850. The van der Waals surface area contributed by atoms with Crippen LogP contribution in [0.25, 0.3) is 33.5 Å². The molecule has 4 aromatic rings. The fraction of sp³-hybridized carbons (Fsp3) is 0.346. The Morgan fingerprint density at radius 1 is 1.22 bits per heavy atom. The molecule has 0 bridgehead atoms. The molecule has 1 aromatic carbocycles. The van der Waals surface area contributed by atoms with Crippen LogP contribution >= 0.6 is 0 Å². The lowest BCUT2D eigenvalue weighted by Crippen LogP contribution is -2.31. The molecular formula is C26H26FN7O2. The second kappa shape index (κ2) is 8.34. The van der Waals surface area contributed by atoms with Gasteiger partial charge in [-0.1, -0.05) is 0 Å². The molecule has 1 aliphatic heterocycles. The number of halogens is 1. The van der Waals surface area contributed by atoms with E-state index < -0.39 is 0 Å². The third-order valence-electron chi connectivity index (χ3n) is 7.08. The Morgan fingerprint density at radius 2 is 2.03 bits per heavy atom. The van der Waals surface area contributed by atoms with Crippen molar-refractivity contribution >= 4 is 22.8 Å². The summed E-state index contributed by atoms with van der Waals surface area (Å²) in [7, 11) is 3.85. The molecule has 2 atom stereocenters. The van der Waals surface area contributed by atoms with Crippen molar-refractivity contribution in [2.24, 2.45) is 18.4 Å². The number of nitrogens with one attached hydrogen (secondary N) is 1. The van der Waals surface area contributed by atoms with Gasteiger partial charge in [0.15, 0.2) is 11.6 Å². The number of fused-ring (bicyclic) bond motifs is 2. The molecular weight excluding hydrogens is 461 g/mol. The number of piperidine rings is 1. The number of anilines is 1. The number of likely N-dealkylation sites (tertiary alicyclic amines) is 1. The highest BCUT2D eigenvalue weighted by Gasteiger charge is 2.64. The first kappa shape index (κ1) is 22.5. The van der Waals surface area contributed by atoms with Crippen LogP contribution in [0.1, 0.15) is 13.3 Å². The summed E-state index contributed by atoms with van der Waals surface area (Å²) in [5, 5.41) is 7.64. The average molecular weight is 488 g/mol. The SMILES string of the molecule is CCOc1cc2ncnc(-c3cn(C)nc3-c3ccc(F)cc3)c2nc1NC(=O)C12CC1CN(C)C2. The molecule has 36 heavy (non-hydrogen) atoms. The van der Waals surface area contributed by atoms with E-state index in [0.29, 0.717) is 46.5 Å². The first-order chi connectivity index (χ1) is 17.4. The number of carbonyl (C=O) groups excluding carboxylic acids is 1. The zero-order valence-corrected chi connectivity index (χ0v) is 20.3. The highest BCUT2D eigenvalue weighted by atomic mass is 19.1. The molecule has 3 aromatic heterocycles. The van der Waals surface area contributed by atoms with Crippen LogP contribution in [0.3, 0.4) is 0 Å². The van der Waals surface area contributed by atoms with Gasteiger partial charge in [-0.25, -0.2) is 19.3 Å². The van der Waals surface area contributed by atoms with Gasteiger partial charge >= 0.3 is 0 Å². The van der Waals surface area contributed by atoms with Gasteiger partial charge in [0.1, 0.15) is 29.0 Å². The molecule has 1 amide bonds. The van der Waals surface area contributed by atoms with Crippen LogP contribution < -0.4 is 10.1 Å². The molecule has 2 unspecified atom stereocenters. The van der Waals surface area contributed by atoms with Crippen molar-refractivity contribution in [3.63, 3.8) is 0 Å². The summed E-state index contributed by atoms with van der Waals surface area (Å²) < 4.78 is 21.1. The van der Waals surface area contributed by atoms with E-state index in [2.05, 4.69) is 25.3 Å². The fourth-order valence-electron chi connectivity index (χ4n) is 5.32. The standard InChI is InChI=1S/C26H26FN7O2/c1-4-36-20-9-19-23(30-24(20)31-25(35)26-10-16(26)11-33(2)13-26)22(29-14-28-19)18-12-34(3)32-21(18)15-5-7-17(27)8-6-15/h5-9,12,14,16H,4,10-11,13H2,1-3H3,(H,30,31,35). The van der Waals surface area contributed by atoms with Crippen LogP contribution in [0.5, 0.6) is 5.75 Å². The summed E-state index contributed by atoms with van der Waals surface area (Å²) in [4.78, 5) is 29.3. The maximum absolute atomic E-state index is 13.5. The molecule has 1 saturated heterocycles. The second-order valence-electron chi connectivity index (χ2n) is 9.64. The molecule has 1 aliphatic carbocycles. The zero-order valence-electron chi connectivity index (χ0n) is 20.3. The number of pyridine rings is 1. The number of benzene rings is 1. The van der Waals surface area contributed by atoms with Crippen LogP contribution in [-0.4, -0.2) is 62.3 Å². The van der Waals surface area contributed by atoms with Gasteiger partial charge in [0.25, 0.3) is 0 Å². The largest absolute Gasteiger partial charge is 0.490 e. The zero-order chi connectivity index (χ0) is 25.0. The maximum Gasteiger partial charge on any atom is 0.233 e. The summed E-state index contributed by atoms with van der Waals surface area (Å²) in [5.41, 5.74) is 3.43. The number of aryl methyl sites for hydroxylation is 1. The number of carbonyl (C=O) groups is 1. The minimum absolute atomic E-state index is 0.0311. The Hall–Kier alpha value is -3.92. The van der Waals surface area contributed by atoms with Crippen molar-refractivity contribution in [3.05, 3.63) is 48.7 Å². The molecule has 9 nitrogen and oxygen atoms in total. The van der Waals surface area contributed by atoms with E-state index in [9.17, 15) is 9.18 Å². The van der Waals surface area contributed by atoms with E-state index >= 15 is 0 Å². The van der Waals surface area contributed by atoms with Gasteiger partial charge in [-0.05, 0) is 50.6 Å². The lowest BCUT2D eigenvalue weighted by molar-refractivity contribution is -0.121. The number of amides is 1. The average Bonchev–Trinajstić information content (AvgIpc) is 3.22. The second-order valence-corrected chi connectivity index (χ2v) is 9.64. The summed E-state index contributed by atoms with van der Waals surface area (Å²) in [6.07, 6.45) is 4.21. The number of aromatic nitrogens is 5. The van der Waals surface area contributed by atoms with Crippen LogP contribution in [-0.2, 0) is 11.8 Å². The molecule has 1 saturated carbocycles. The summed E-state index contributed by atoms with van der Waals surface area (Å²) >= 11 is 0. The molecule has 0 radical (unpaired) electrons. The lowest BCUT2D eigenvalue weighted by Gasteiger charge is -2.17. The van der Waals surface area contributed by atoms with Crippen molar-refractivity contribution in [1.29, 1.82) is 0 Å². The third-order valence-corrected chi connectivity index (χ3v) is 7.08. The number of rotatable bonds is 6. The predicted octanol–water partition coefficient (Wildman–Crippen LogP) is 3.52. The Morgan fingerprint density at radius 3 is 2.75 bits per heavy atom. The van der Waals surface area contributed by atoms with Crippen molar-refractivity contribution in [2.45, 2.75) is 13.3 Å². The Balaban J connectivity index is 1.45. The van der Waals surface area contributed by atoms with Crippen molar-refractivity contribution < 1.29 is 13.9 Å². The molecule has 2 aliphatic rings. The number of hydrogen-bond donors (Lipinski definition) is 1. The quantitative estimate of drug-likeness (QED) is 0.444. The van der Waals surface area contributed by atoms with Gasteiger partial charge in [-0.2, -0.15) is 5.10 Å². The predicted molar refractivity (Wildman–Crippen MR) is 133 cm³/mol. The van der Waals surface area contributed by atoms with Gasteiger partial charge in [-0.15, -0.1) is 0 Å². The summed E-state index contributed by atoms with van der Waals surface area (Å²) in [6.45, 7) is 3.98. The minimum atomic E-state index is -0.357. The van der Waals surface area contributed by atoms with E-state index in [0.717, 1.165) is 30.6 Å². The highest BCUT2D eigenvalue weighted by Crippen LogP contribution is 2.58. The summed E-state index contributed by atoms with van der Waals surface area (Å²) in [6, 6.07) is 7.94. The number of ether oxygens (including phenoxy) is 1. The van der Waals surface area contributed by atoms with Crippen LogP contribution in [0.4, 0.5) is 10.2 Å². The van der Waals surface area contributed by atoms with Crippen LogP contribution in [0.15, 0.2) is 42.9 Å². The van der Waals surface area contributed by atoms with E-state index in [-0.39, 0.29) is 17.1 Å². The fourth-order valence-corrected chi connectivity index (χ4v) is 5.32. The van der Waals surface area contributed by atoms with Crippen molar-refractivity contribution in [1.82, 2.24) is 29.6 Å². The first-order valence-corrected chi connectivity index (χ1v) is 12.0. The van der Waals surface area contributed by atoms with Gasteiger partial charge in [0, 0.05) is 43.5 Å². The molecule has 0 spiro atoms. The van der Waals surface area contributed by atoms with E-state index in [1.807, 2.05) is 27.2 Å². The van der Waals surface area contributed by atoms with E-state index in [1.165, 1.54) is 18.5 Å². The van der Waals surface area contributed by atoms with Gasteiger partial charge < -0.3 is 15.0 Å². The van der Waals surface area contributed by atoms with Gasteiger partial charge in [-0.3, -0.25) is 9.48 Å². The third kappa shape index (κ3) is 3.69. The maximum atomic E-state index is 13.5. The smallest absolute Gasteiger partial charge is 0.233 e. The lowest BCUT2D eigenvalue weighted by atomic mass is 10.0. The Kier molecular flexibility index (Phi) is 5.22. The molecule has 184 valence electrons. The van der Waals surface area contributed by atoms with Crippen molar-refractivity contribution in [2.75, 3.05) is 32.1 Å². The van der Waals surface area contributed by atoms with Gasteiger partial charge in [0.05, 0.1) is 17.5 Å². The molecule has 10 heteroatoms. The Labute approximate surface area is 207 Å². The normalized spacial score (nSPS) is 20.9. The minimum Gasteiger partial charge on any atom is -0.490 e. The number of nitrogens with zero attached hydrogens (tertiary/aromatic N) is 6. The monoisotopic (exact) mass is 487 g/mol. The van der Waals surface area contributed by atoms with E-state index in [1.54, 1.807) is 22.9 Å². The van der Waals surface area contributed by atoms with Crippen LogP contribution in [0, 0.1) is 17.2 Å². The van der Waals surface area contributed by atoms with Crippen LogP contribution in [0.2, 0.25) is 0 Å². The van der Waals surface area contributed by atoms with Gasteiger partial charge in [0.2, 0.25) is 5.91 Å². The molecule has 4 heterocycles. The highest BCUT2D eigenvalue weighted by molar-refractivity contribution is 6.01. The topological polar surface area (TPSA) is 98.1 Å².